The third-order valence-electron chi connectivity index (χ3n) is 5.47. The SMILES string of the molecule is C[C@H]1CC[C@@H](C)[C@H](Nc2nc(Nc3ccccc3)nc(-c3ccccc3)n2)C1. The molecule has 1 heterocycles. The van der Waals surface area contributed by atoms with Gasteiger partial charge in [-0.25, -0.2) is 0 Å². The minimum Gasteiger partial charge on any atom is -0.351 e. The number of nitrogens with zero attached hydrogens (tertiary/aromatic N) is 3. The first-order chi connectivity index (χ1) is 13.7. The Kier molecular flexibility index (Phi) is 5.51. The fourth-order valence-corrected chi connectivity index (χ4v) is 3.76. The molecule has 1 aromatic heterocycles. The molecule has 0 bridgehead atoms. The van der Waals surface area contributed by atoms with Gasteiger partial charge in [0.1, 0.15) is 0 Å². The van der Waals surface area contributed by atoms with Crippen LogP contribution in [-0.2, 0) is 0 Å². The lowest BCUT2D eigenvalue weighted by Gasteiger charge is -2.33. The highest BCUT2D eigenvalue weighted by atomic mass is 15.2. The summed E-state index contributed by atoms with van der Waals surface area (Å²) in [6.07, 6.45) is 3.69. The van der Waals surface area contributed by atoms with Gasteiger partial charge in [-0.1, -0.05) is 68.8 Å². The zero-order valence-electron chi connectivity index (χ0n) is 16.5. The molecule has 2 aromatic carbocycles. The van der Waals surface area contributed by atoms with Gasteiger partial charge in [-0.05, 0) is 36.8 Å². The van der Waals surface area contributed by atoms with E-state index in [2.05, 4.69) is 34.4 Å². The number of aromatic nitrogens is 3. The molecule has 1 aliphatic carbocycles. The van der Waals surface area contributed by atoms with Gasteiger partial charge in [0.15, 0.2) is 5.82 Å². The summed E-state index contributed by atoms with van der Waals surface area (Å²) in [6.45, 7) is 4.64. The minimum absolute atomic E-state index is 0.388. The Morgan fingerprint density at radius 1 is 0.786 bits per heavy atom. The van der Waals surface area contributed by atoms with Crippen molar-refractivity contribution >= 4 is 17.6 Å². The fraction of sp³-hybridized carbons (Fsp3) is 0.348. The van der Waals surface area contributed by atoms with Crippen LogP contribution in [0.25, 0.3) is 11.4 Å². The van der Waals surface area contributed by atoms with Crippen molar-refractivity contribution in [1.82, 2.24) is 15.0 Å². The molecular weight excluding hydrogens is 346 g/mol. The van der Waals surface area contributed by atoms with Crippen LogP contribution in [0.4, 0.5) is 17.6 Å². The molecule has 144 valence electrons. The van der Waals surface area contributed by atoms with Gasteiger partial charge in [-0.15, -0.1) is 0 Å². The molecule has 2 N–H and O–H groups in total. The summed E-state index contributed by atoms with van der Waals surface area (Å²) >= 11 is 0. The van der Waals surface area contributed by atoms with Crippen molar-refractivity contribution in [3.63, 3.8) is 0 Å². The summed E-state index contributed by atoms with van der Waals surface area (Å²) in [5, 5.41) is 6.90. The number of hydrogen-bond donors (Lipinski definition) is 2. The molecule has 0 unspecified atom stereocenters. The van der Waals surface area contributed by atoms with Gasteiger partial charge in [0.25, 0.3) is 0 Å². The van der Waals surface area contributed by atoms with Crippen LogP contribution in [0.2, 0.25) is 0 Å². The normalized spacial score (nSPS) is 21.9. The van der Waals surface area contributed by atoms with Crippen molar-refractivity contribution in [2.24, 2.45) is 11.8 Å². The van der Waals surface area contributed by atoms with E-state index in [-0.39, 0.29) is 0 Å². The van der Waals surface area contributed by atoms with Gasteiger partial charge >= 0.3 is 0 Å². The monoisotopic (exact) mass is 373 g/mol. The van der Waals surface area contributed by atoms with E-state index in [0.717, 1.165) is 23.6 Å². The first-order valence-electron chi connectivity index (χ1n) is 10.1. The molecule has 0 radical (unpaired) electrons. The standard InChI is InChI=1S/C23H27N5/c1-16-13-14-17(2)20(15-16)25-23-27-21(18-9-5-3-6-10-18)26-22(28-23)24-19-11-7-4-8-12-19/h3-12,16-17,20H,13-15H2,1-2H3,(H2,24,25,26,27,28)/t16-,17+,20+/m0/s1. The molecule has 0 aliphatic heterocycles. The number of anilines is 3. The van der Waals surface area contributed by atoms with E-state index >= 15 is 0 Å². The number of hydrogen-bond acceptors (Lipinski definition) is 5. The van der Waals surface area contributed by atoms with Gasteiger partial charge < -0.3 is 10.6 Å². The molecule has 1 fully saturated rings. The van der Waals surface area contributed by atoms with Crippen molar-refractivity contribution in [1.29, 1.82) is 0 Å². The fourth-order valence-electron chi connectivity index (χ4n) is 3.76. The van der Waals surface area contributed by atoms with Crippen LogP contribution in [0, 0.1) is 11.8 Å². The Labute approximate surface area is 166 Å². The molecule has 0 amide bonds. The molecule has 0 spiro atoms. The maximum atomic E-state index is 4.73. The summed E-state index contributed by atoms with van der Waals surface area (Å²) in [7, 11) is 0. The topological polar surface area (TPSA) is 62.7 Å². The van der Waals surface area contributed by atoms with E-state index in [1.165, 1.54) is 12.8 Å². The minimum atomic E-state index is 0.388. The Morgan fingerprint density at radius 3 is 2.21 bits per heavy atom. The van der Waals surface area contributed by atoms with E-state index in [0.29, 0.717) is 29.7 Å². The van der Waals surface area contributed by atoms with E-state index in [1.807, 2.05) is 60.7 Å². The largest absolute Gasteiger partial charge is 0.351 e. The molecule has 3 aromatic rings. The number of para-hydroxylation sites is 1. The van der Waals surface area contributed by atoms with Crippen molar-refractivity contribution < 1.29 is 0 Å². The summed E-state index contributed by atoms with van der Waals surface area (Å²) in [4.78, 5) is 14.0. The van der Waals surface area contributed by atoms with Gasteiger partial charge in [0, 0.05) is 17.3 Å². The molecule has 3 atom stereocenters. The van der Waals surface area contributed by atoms with Crippen molar-refractivity contribution in [3.05, 3.63) is 60.7 Å². The van der Waals surface area contributed by atoms with Crippen LogP contribution in [0.1, 0.15) is 33.1 Å². The second-order valence-corrected chi connectivity index (χ2v) is 7.81. The molecule has 5 nitrogen and oxygen atoms in total. The average Bonchev–Trinajstić information content (AvgIpc) is 2.72. The lowest BCUT2D eigenvalue weighted by Crippen LogP contribution is -2.34. The van der Waals surface area contributed by atoms with Crippen LogP contribution in [0.15, 0.2) is 60.7 Å². The predicted molar refractivity (Wildman–Crippen MR) is 115 cm³/mol. The first kappa shape index (κ1) is 18.4. The van der Waals surface area contributed by atoms with E-state index in [9.17, 15) is 0 Å². The third kappa shape index (κ3) is 4.47. The Morgan fingerprint density at radius 2 is 1.46 bits per heavy atom. The average molecular weight is 374 g/mol. The second kappa shape index (κ2) is 8.38. The highest BCUT2D eigenvalue weighted by Gasteiger charge is 2.26. The van der Waals surface area contributed by atoms with Gasteiger partial charge in [0.2, 0.25) is 11.9 Å². The first-order valence-corrected chi connectivity index (χ1v) is 10.1. The molecule has 0 saturated heterocycles. The molecule has 1 saturated carbocycles. The zero-order valence-corrected chi connectivity index (χ0v) is 16.5. The van der Waals surface area contributed by atoms with Crippen LogP contribution < -0.4 is 10.6 Å². The molecule has 5 heteroatoms. The van der Waals surface area contributed by atoms with Crippen LogP contribution in [-0.4, -0.2) is 21.0 Å². The highest BCUT2D eigenvalue weighted by Crippen LogP contribution is 2.30. The summed E-state index contributed by atoms with van der Waals surface area (Å²) in [5.74, 6) is 3.20. The molecule has 4 rings (SSSR count). The van der Waals surface area contributed by atoms with E-state index in [1.54, 1.807) is 0 Å². The quantitative estimate of drug-likeness (QED) is 0.617. The van der Waals surface area contributed by atoms with Crippen molar-refractivity contribution in [2.75, 3.05) is 10.6 Å². The van der Waals surface area contributed by atoms with Gasteiger partial charge in [0.05, 0.1) is 0 Å². The lowest BCUT2D eigenvalue weighted by atomic mass is 9.80. The number of benzene rings is 2. The van der Waals surface area contributed by atoms with Crippen LogP contribution in [0.5, 0.6) is 0 Å². The third-order valence-corrected chi connectivity index (χ3v) is 5.47. The van der Waals surface area contributed by atoms with Gasteiger partial charge in [-0.3, -0.25) is 0 Å². The molecule has 1 aliphatic rings. The Balaban J connectivity index is 1.65. The van der Waals surface area contributed by atoms with Crippen molar-refractivity contribution in [2.45, 2.75) is 39.2 Å². The molecule has 28 heavy (non-hydrogen) atoms. The summed E-state index contributed by atoms with van der Waals surface area (Å²) in [6, 6.07) is 20.4. The summed E-state index contributed by atoms with van der Waals surface area (Å²) < 4.78 is 0. The van der Waals surface area contributed by atoms with E-state index in [4.69, 9.17) is 4.98 Å². The maximum absolute atomic E-state index is 4.73. The van der Waals surface area contributed by atoms with Gasteiger partial charge in [-0.2, -0.15) is 15.0 Å². The van der Waals surface area contributed by atoms with Crippen molar-refractivity contribution in [3.8, 4) is 11.4 Å². The maximum Gasteiger partial charge on any atom is 0.232 e. The zero-order chi connectivity index (χ0) is 19.3. The number of nitrogens with one attached hydrogen (secondary N) is 2. The highest BCUT2D eigenvalue weighted by molar-refractivity contribution is 5.61. The Hall–Kier alpha value is -2.95. The summed E-state index contributed by atoms with van der Waals surface area (Å²) in [5.41, 5.74) is 1.94. The number of rotatable bonds is 5. The molecular formula is C23H27N5. The smallest absolute Gasteiger partial charge is 0.232 e. The van der Waals surface area contributed by atoms with Crippen LogP contribution in [0.3, 0.4) is 0 Å². The Bertz CT molecular complexity index is 897. The van der Waals surface area contributed by atoms with Crippen LogP contribution >= 0.6 is 0 Å². The second-order valence-electron chi connectivity index (χ2n) is 7.81. The lowest BCUT2D eigenvalue weighted by molar-refractivity contribution is 0.280. The predicted octanol–water partition coefficient (Wildman–Crippen LogP) is 5.52. The van der Waals surface area contributed by atoms with E-state index < -0.39 is 0 Å².